The molecule has 2 aliphatic rings. The van der Waals surface area contributed by atoms with Crippen LogP contribution in [0.3, 0.4) is 0 Å². The van der Waals surface area contributed by atoms with Crippen LogP contribution < -0.4 is 5.32 Å². The summed E-state index contributed by atoms with van der Waals surface area (Å²) in [5.74, 6) is -3.48. The lowest BCUT2D eigenvalue weighted by atomic mass is 9.79. The molecule has 1 aromatic rings. The number of imide groups is 1. The molecule has 8 nitrogen and oxygen atoms in total. The fourth-order valence-electron chi connectivity index (χ4n) is 3.92. The van der Waals surface area contributed by atoms with Crippen LogP contribution in [-0.2, 0) is 19.1 Å². The predicted octanol–water partition coefficient (Wildman–Crippen LogP) is -0.438. The number of phenolic OH excluding ortho intramolecular Hbond substituents is 1. The lowest BCUT2D eigenvalue weighted by Crippen LogP contribution is -2.58. The molecule has 2 aliphatic heterocycles. The molecule has 3 rings (SSSR count). The molecule has 2 amide bonds. The first-order valence-corrected chi connectivity index (χ1v) is 8.02. The van der Waals surface area contributed by atoms with Gasteiger partial charge in [0.25, 0.3) is 0 Å². The van der Waals surface area contributed by atoms with Crippen molar-refractivity contribution in [2.45, 2.75) is 18.5 Å². The van der Waals surface area contributed by atoms with Crippen molar-refractivity contribution in [2.75, 3.05) is 20.3 Å². The summed E-state index contributed by atoms with van der Waals surface area (Å²) in [6.07, 6.45) is 0. The number of phenols is 1. The first-order valence-electron chi connectivity index (χ1n) is 8.02. The lowest BCUT2D eigenvalue weighted by Gasteiger charge is -2.30. The first kappa shape index (κ1) is 17.4. The number of aromatic hydroxyl groups is 1. The lowest BCUT2D eigenvalue weighted by molar-refractivity contribution is -0.156. The Kier molecular flexibility index (Phi) is 4.26. The number of carbonyl (C=O) groups excluding carboxylic acids is 3. The number of hydrogen-bond acceptors (Lipinski definition) is 7. The zero-order valence-electron chi connectivity index (χ0n) is 13.9. The summed E-state index contributed by atoms with van der Waals surface area (Å²) in [4.78, 5) is 39.1. The quantitative estimate of drug-likeness (QED) is 0.499. The number of methoxy groups -OCH3 is 1. The SMILES string of the molecule is CCN1C(=O)[C@@H]2[C@@H](C1=O)[C@](CO)(C(=O)OC)N[C@H]2c1ccc(O)cc1. The highest BCUT2D eigenvalue weighted by atomic mass is 16.5. The minimum absolute atomic E-state index is 0.0590. The molecule has 0 aromatic heterocycles. The maximum absolute atomic E-state index is 12.8. The third-order valence-electron chi connectivity index (χ3n) is 5.11. The number of fused-ring (bicyclic) bond motifs is 1. The van der Waals surface area contributed by atoms with Crippen LogP contribution in [0.5, 0.6) is 5.75 Å². The van der Waals surface area contributed by atoms with Crippen molar-refractivity contribution in [3.8, 4) is 5.75 Å². The number of ether oxygens (including phenoxy) is 1. The number of aliphatic hydroxyl groups excluding tert-OH is 1. The Hall–Kier alpha value is -2.45. The monoisotopic (exact) mass is 348 g/mol. The van der Waals surface area contributed by atoms with Crippen LogP contribution in [0.15, 0.2) is 24.3 Å². The van der Waals surface area contributed by atoms with E-state index in [1.165, 1.54) is 19.2 Å². The summed E-state index contributed by atoms with van der Waals surface area (Å²) in [5, 5.41) is 22.4. The normalized spacial score (nSPS) is 31.3. The molecule has 8 heteroatoms. The Morgan fingerprint density at radius 3 is 2.44 bits per heavy atom. The zero-order valence-corrected chi connectivity index (χ0v) is 13.9. The Bertz CT molecular complexity index is 718. The number of carbonyl (C=O) groups is 3. The third kappa shape index (κ3) is 2.32. The van der Waals surface area contributed by atoms with Gasteiger partial charge in [0.05, 0.1) is 25.6 Å². The Balaban J connectivity index is 2.13. The maximum atomic E-state index is 12.8. The maximum Gasteiger partial charge on any atom is 0.329 e. The second kappa shape index (κ2) is 6.12. The summed E-state index contributed by atoms with van der Waals surface area (Å²) < 4.78 is 4.81. The van der Waals surface area contributed by atoms with Gasteiger partial charge in [0, 0.05) is 12.6 Å². The molecule has 1 aromatic carbocycles. The van der Waals surface area contributed by atoms with Gasteiger partial charge in [-0.05, 0) is 24.6 Å². The third-order valence-corrected chi connectivity index (χ3v) is 5.11. The molecule has 3 N–H and O–H groups in total. The Morgan fingerprint density at radius 2 is 1.92 bits per heavy atom. The van der Waals surface area contributed by atoms with Gasteiger partial charge in [-0.3, -0.25) is 19.8 Å². The molecule has 134 valence electrons. The summed E-state index contributed by atoms with van der Waals surface area (Å²) in [6, 6.07) is 5.48. The van der Waals surface area contributed by atoms with E-state index in [4.69, 9.17) is 4.74 Å². The van der Waals surface area contributed by atoms with Crippen LogP contribution in [0.1, 0.15) is 18.5 Å². The number of likely N-dealkylation sites (tertiary alicyclic amines) is 1. The minimum Gasteiger partial charge on any atom is -0.508 e. The highest BCUT2D eigenvalue weighted by Crippen LogP contribution is 2.49. The number of amides is 2. The topological polar surface area (TPSA) is 116 Å². The molecule has 2 saturated heterocycles. The van der Waals surface area contributed by atoms with Crippen molar-refractivity contribution in [1.82, 2.24) is 10.2 Å². The molecule has 0 unspecified atom stereocenters. The number of aliphatic hydroxyl groups is 1. The van der Waals surface area contributed by atoms with Gasteiger partial charge in [-0.1, -0.05) is 12.1 Å². The fraction of sp³-hybridized carbons (Fsp3) is 0.471. The largest absolute Gasteiger partial charge is 0.508 e. The molecular formula is C17H20N2O6. The van der Waals surface area contributed by atoms with Gasteiger partial charge in [-0.2, -0.15) is 0 Å². The zero-order chi connectivity index (χ0) is 18.4. The van der Waals surface area contributed by atoms with Gasteiger partial charge in [0.1, 0.15) is 5.75 Å². The smallest absolute Gasteiger partial charge is 0.329 e. The number of nitrogens with zero attached hydrogens (tertiary/aromatic N) is 1. The van der Waals surface area contributed by atoms with Gasteiger partial charge in [-0.25, -0.2) is 4.79 Å². The molecule has 0 bridgehead atoms. The second-order valence-electron chi connectivity index (χ2n) is 6.26. The molecule has 0 saturated carbocycles. The fourth-order valence-corrected chi connectivity index (χ4v) is 3.92. The van der Waals surface area contributed by atoms with Gasteiger partial charge in [-0.15, -0.1) is 0 Å². The van der Waals surface area contributed by atoms with Gasteiger partial charge in [0.2, 0.25) is 11.8 Å². The number of nitrogens with one attached hydrogen (secondary N) is 1. The molecule has 0 radical (unpaired) electrons. The molecule has 4 atom stereocenters. The van der Waals surface area contributed by atoms with Crippen LogP contribution in [-0.4, -0.2) is 58.7 Å². The number of hydrogen-bond donors (Lipinski definition) is 3. The molecule has 25 heavy (non-hydrogen) atoms. The minimum atomic E-state index is -1.68. The van der Waals surface area contributed by atoms with Crippen molar-refractivity contribution in [3.63, 3.8) is 0 Å². The van der Waals surface area contributed by atoms with Crippen molar-refractivity contribution in [2.24, 2.45) is 11.8 Å². The predicted molar refractivity (Wildman–Crippen MR) is 85.2 cm³/mol. The van der Waals surface area contributed by atoms with E-state index in [1.54, 1.807) is 19.1 Å². The summed E-state index contributed by atoms with van der Waals surface area (Å²) in [6.45, 7) is 1.19. The van der Waals surface area contributed by atoms with E-state index in [9.17, 15) is 24.6 Å². The van der Waals surface area contributed by atoms with E-state index < -0.39 is 41.9 Å². The van der Waals surface area contributed by atoms with Gasteiger partial charge < -0.3 is 14.9 Å². The average molecular weight is 348 g/mol. The van der Waals surface area contributed by atoms with Crippen LogP contribution in [0, 0.1) is 11.8 Å². The second-order valence-corrected chi connectivity index (χ2v) is 6.26. The van der Waals surface area contributed by atoms with Crippen molar-refractivity contribution in [3.05, 3.63) is 29.8 Å². The van der Waals surface area contributed by atoms with Gasteiger partial charge in [0.15, 0.2) is 5.54 Å². The van der Waals surface area contributed by atoms with E-state index in [1.807, 2.05) is 0 Å². The van der Waals surface area contributed by atoms with Crippen molar-refractivity contribution < 1.29 is 29.3 Å². The first-order chi connectivity index (χ1) is 11.9. The number of rotatable bonds is 4. The van der Waals surface area contributed by atoms with Gasteiger partial charge >= 0.3 is 5.97 Å². The van der Waals surface area contributed by atoms with Crippen LogP contribution in [0.4, 0.5) is 0 Å². The van der Waals surface area contributed by atoms with Crippen molar-refractivity contribution in [1.29, 1.82) is 0 Å². The van der Waals surface area contributed by atoms with Crippen LogP contribution in [0.2, 0.25) is 0 Å². The summed E-state index contributed by atoms with van der Waals surface area (Å²) in [5.41, 5.74) is -1.05. The van der Waals surface area contributed by atoms with Crippen LogP contribution in [0.25, 0.3) is 0 Å². The van der Waals surface area contributed by atoms with E-state index in [0.717, 1.165) is 4.90 Å². The Morgan fingerprint density at radius 1 is 1.28 bits per heavy atom. The summed E-state index contributed by atoms with van der Waals surface area (Å²) >= 11 is 0. The molecule has 0 spiro atoms. The molecule has 0 aliphatic carbocycles. The van der Waals surface area contributed by atoms with E-state index >= 15 is 0 Å². The molecule has 2 fully saturated rings. The van der Waals surface area contributed by atoms with E-state index in [-0.39, 0.29) is 18.2 Å². The summed E-state index contributed by atoms with van der Waals surface area (Å²) in [7, 11) is 1.17. The van der Waals surface area contributed by atoms with E-state index in [0.29, 0.717) is 5.56 Å². The molecule has 2 heterocycles. The average Bonchev–Trinajstić information content (AvgIpc) is 3.10. The number of benzene rings is 1. The molecular weight excluding hydrogens is 328 g/mol. The van der Waals surface area contributed by atoms with Crippen molar-refractivity contribution >= 4 is 17.8 Å². The standard InChI is InChI=1S/C17H20N2O6/c1-3-19-14(22)11-12(15(19)23)17(8-20,16(24)25-2)18-13(11)9-4-6-10(21)7-5-9/h4-7,11-13,18,20-21H,3,8H2,1-2H3/t11-,12+,13+,17-/m1/s1. The highest BCUT2D eigenvalue weighted by molar-refractivity contribution is 6.09. The van der Waals surface area contributed by atoms with E-state index in [2.05, 4.69) is 5.32 Å². The Labute approximate surface area is 144 Å². The van der Waals surface area contributed by atoms with Crippen LogP contribution >= 0.6 is 0 Å². The highest BCUT2D eigenvalue weighted by Gasteiger charge is 2.68. The number of esters is 1.